The van der Waals surface area contributed by atoms with Crippen LogP contribution in [0, 0.1) is 0 Å². The number of ketones is 1. The van der Waals surface area contributed by atoms with Gasteiger partial charge in [-0.25, -0.2) is 4.99 Å². The summed E-state index contributed by atoms with van der Waals surface area (Å²) in [5.74, 6) is 0.102. The number of fused-ring (bicyclic) bond motifs is 2. The number of rotatable bonds is 2. The maximum Gasteiger partial charge on any atom is 0.292 e. The Bertz CT molecular complexity index is 1080. The molecule has 26 heavy (non-hydrogen) atoms. The monoisotopic (exact) mass is 349 g/mol. The molecule has 4 rings (SSSR count). The summed E-state index contributed by atoms with van der Waals surface area (Å²) in [7, 11) is 1.58. The Morgan fingerprint density at radius 2 is 1.88 bits per heavy atom. The highest BCUT2D eigenvalue weighted by Crippen LogP contribution is 2.42. The van der Waals surface area contributed by atoms with Gasteiger partial charge in [0.2, 0.25) is 5.78 Å². The lowest BCUT2D eigenvalue weighted by molar-refractivity contribution is 0.106. The molecule has 2 aromatic carbocycles. The highest BCUT2D eigenvalue weighted by Gasteiger charge is 2.33. The van der Waals surface area contributed by atoms with Crippen molar-refractivity contribution in [3.05, 3.63) is 53.1 Å². The molecule has 132 valence electrons. The van der Waals surface area contributed by atoms with Crippen LogP contribution in [-0.2, 0) is 5.41 Å². The van der Waals surface area contributed by atoms with Crippen molar-refractivity contribution in [2.75, 3.05) is 7.11 Å². The standard InChI is InChI=1S/C21H19NO4/c1-21(2,3)14-10-11(25-4)9-13-16(20(24)26-19(13)14)17-18(23)12-7-5-6-8-15(12)22-17/h5-10,24H,1-4H3. The van der Waals surface area contributed by atoms with Gasteiger partial charge < -0.3 is 14.3 Å². The number of Topliss-reactive ketones (excluding diaryl/α,β-unsaturated/α-hetero) is 1. The summed E-state index contributed by atoms with van der Waals surface area (Å²) in [4.78, 5) is 17.3. The summed E-state index contributed by atoms with van der Waals surface area (Å²) >= 11 is 0. The van der Waals surface area contributed by atoms with Crippen LogP contribution in [0.25, 0.3) is 11.0 Å². The summed E-state index contributed by atoms with van der Waals surface area (Å²) < 4.78 is 11.1. The minimum Gasteiger partial charge on any atom is -0.497 e. The lowest BCUT2D eigenvalue weighted by atomic mass is 9.85. The Kier molecular flexibility index (Phi) is 3.44. The van der Waals surface area contributed by atoms with Crippen LogP contribution in [-0.4, -0.2) is 23.7 Å². The van der Waals surface area contributed by atoms with Crippen molar-refractivity contribution in [2.45, 2.75) is 26.2 Å². The molecule has 0 saturated carbocycles. The number of carbonyl (C=O) groups is 1. The summed E-state index contributed by atoms with van der Waals surface area (Å²) in [5, 5.41) is 11.1. The molecule has 1 aromatic heterocycles. The molecule has 0 aliphatic carbocycles. The van der Waals surface area contributed by atoms with E-state index in [0.29, 0.717) is 33.5 Å². The summed E-state index contributed by atoms with van der Waals surface area (Å²) in [6.45, 7) is 6.15. The highest BCUT2D eigenvalue weighted by molar-refractivity contribution is 6.56. The minimum atomic E-state index is -0.307. The number of furan rings is 1. The number of aromatic hydroxyl groups is 1. The minimum absolute atomic E-state index is 0.190. The number of para-hydroxylation sites is 1. The first-order chi connectivity index (χ1) is 12.3. The van der Waals surface area contributed by atoms with E-state index < -0.39 is 0 Å². The fourth-order valence-electron chi connectivity index (χ4n) is 3.30. The highest BCUT2D eigenvalue weighted by atomic mass is 16.5. The summed E-state index contributed by atoms with van der Waals surface area (Å²) in [6.07, 6.45) is 0. The van der Waals surface area contributed by atoms with E-state index in [1.54, 1.807) is 31.4 Å². The van der Waals surface area contributed by atoms with Crippen molar-refractivity contribution in [3.8, 4) is 11.7 Å². The van der Waals surface area contributed by atoms with Gasteiger partial charge in [-0.2, -0.15) is 0 Å². The van der Waals surface area contributed by atoms with Crippen LogP contribution in [0.3, 0.4) is 0 Å². The topological polar surface area (TPSA) is 72.0 Å². The third-order valence-corrected chi connectivity index (χ3v) is 4.62. The number of ether oxygens (including phenoxy) is 1. The van der Waals surface area contributed by atoms with Gasteiger partial charge in [0.1, 0.15) is 17.0 Å². The van der Waals surface area contributed by atoms with Crippen molar-refractivity contribution in [1.29, 1.82) is 0 Å². The molecular weight excluding hydrogens is 330 g/mol. The van der Waals surface area contributed by atoms with E-state index in [1.165, 1.54) is 0 Å². The molecule has 2 heterocycles. The molecule has 3 aromatic rings. The molecule has 0 unspecified atom stereocenters. The van der Waals surface area contributed by atoms with Crippen LogP contribution < -0.4 is 4.74 Å². The number of hydrogen-bond acceptors (Lipinski definition) is 5. The predicted octanol–water partition coefficient (Wildman–Crippen LogP) is 4.76. The number of nitrogens with zero attached hydrogens (tertiary/aromatic N) is 1. The average molecular weight is 349 g/mol. The lowest BCUT2D eigenvalue weighted by Gasteiger charge is -2.20. The Morgan fingerprint density at radius 1 is 1.15 bits per heavy atom. The molecule has 1 aliphatic rings. The Hall–Kier alpha value is -3.08. The van der Waals surface area contributed by atoms with Crippen LogP contribution >= 0.6 is 0 Å². The first-order valence-electron chi connectivity index (χ1n) is 8.38. The summed E-state index contributed by atoms with van der Waals surface area (Å²) in [6, 6.07) is 10.8. The normalized spacial score (nSPS) is 13.8. The van der Waals surface area contributed by atoms with Gasteiger partial charge in [0.25, 0.3) is 5.95 Å². The van der Waals surface area contributed by atoms with Gasteiger partial charge in [0, 0.05) is 16.5 Å². The molecule has 5 nitrogen and oxygen atoms in total. The van der Waals surface area contributed by atoms with Gasteiger partial charge in [-0.1, -0.05) is 32.9 Å². The van der Waals surface area contributed by atoms with E-state index in [1.807, 2.05) is 12.1 Å². The first kappa shape index (κ1) is 16.4. The Labute approximate surface area is 150 Å². The van der Waals surface area contributed by atoms with Crippen molar-refractivity contribution in [3.63, 3.8) is 0 Å². The number of benzene rings is 2. The predicted molar refractivity (Wildman–Crippen MR) is 100 cm³/mol. The van der Waals surface area contributed by atoms with E-state index in [2.05, 4.69) is 25.8 Å². The van der Waals surface area contributed by atoms with Crippen molar-refractivity contribution >= 4 is 28.2 Å². The third kappa shape index (κ3) is 2.31. The third-order valence-electron chi connectivity index (χ3n) is 4.62. The zero-order chi connectivity index (χ0) is 18.6. The van der Waals surface area contributed by atoms with Crippen molar-refractivity contribution in [1.82, 2.24) is 0 Å². The molecule has 1 N–H and O–H groups in total. The molecule has 0 atom stereocenters. The van der Waals surface area contributed by atoms with Gasteiger partial charge in [0.15, 0.2) is 0 Å². The lowest BCUT2D eigenvalue weighted by Crippen LogP contribution is -2.13. The van der Waals surface area contributed by atoms with E-state index in [4.69, 9.17) is 9.15 Å². The molecule has 0 saturated heterocycles. The maximum absolute atomic E-state index is 12.8. The number of aliphatic imine (C=N–C) groups is 1. The average Bonchev–Trinajstić information content (AvgIpc) is 3.09. The fraction of sp³-hybridized carbons (Fsp3) is 0.238. The van der Waals surface area contributed by atoms with Gasteiger partial charge in [-0.05, 0) is 29.7 Å². The Morgan fingerprint density at radius 3 is 2.54 bits per heavy atom. The molecule has 0 fully saturated rings. The van der Waals surface area contributed by atoms with Crippen LogP contribution in [0.4, 0.5) is 5.69 Å². The fourth-order valence-corrected chi connectivity index (χ4v) is 3.30. The van der Waals surface area contributed by atoms with Crippen LogP contribution in [0.2, 0.25) is 0 Å². The second-order valence-corrected chi connectivity index (χ2v) is 7.39. The second kappa shape index (κ2) is 5.46. The van der Waals surface area contributed by atoms with Crippen molar-refractivity contribution < 1.29 is 19.1 Å². The largest absolute Gasteiger partial charge is 0.497 e. The van der Waals surface area contributed by atoms with Gasteiger partial charge in [-0.15, -0.1) is 0 Å². The smallest absolute Gasteiger partial charge is 0.292 e. The van der Waals surface area contributed by atoms with Crippen LogP contribution in [0.1, 0.15) is 42.3 Å². The first-order valence-corrected chi connectivity index (χ1v) is 8.38. The molecule has 0 amide bonds. The van der Waals surface area contributed by atoms with E-state index in [0.717, 1.165) is 5.56 Å². The van der Waals surface area contributed by atoms with E-state index in [9.17, 15) is 9.90 Å². The molecule has 5 heteroatoms. The number of carbonyl (C=O) groups excluding carboxylic acids is 1. The van der Waals surface area contributed by atoms with Crippen molar-refractivity contribution in [2.24, 2.45) is 4.99 Å². The SMILES string of the molecule is COc1cc(C(C)(C)C)c2oc(O)c(C3=Nc4ccccc4C3=O)c2c1. The van der Waals surface area contributed by atoms with Crippen LogP contribution in [0.15, 0.2) is 45.8 Å². The van der Waals surface area contributed by atoms with Gasteiger partial charge in [0.05, 0.1) is 18.4 Å². The molecular formula is C21H19NO4. The van der Waals surface area contributed by atoms with Crippen LogP contribution in [0.5, 0.6) is 11.7 Å². The number of methoxy groups -OCH3 is 1. The quantitative estimate of drug-likeness (QED) is 0.724. The van der Waals surface area contributed by atoms with E-state index >= 15 is 0 Å². The maximum atomic E-state index is 12.8. The molecule has 0 spiro atoms. The molecule has 0 radical (unpaired) electrons. The number of hydrogen-bond donors (Lipinski definition) is 1. The van der Waals surface area contributed by atoms with Gasteiger partial charge in [-0.3, -0.25) is 4.79 Å². The molecule has 0 bridgehead atoms. The Balaban J connectivity index is 2.01. The zero-order valence-electron chi connectivity index (χ0n) is 15.1. The molecule has 1 aliphatic heterocycles. The van der Waals surface area contributed by atoms with E-state index in [-0.39, 0.29) is 22.9 Å². The van der Waals surface area contributed by atoms with Gasteiger partial charge >= 0.3 is 0 Å². The zero-order valence-corrected chi connectivity index (χ0v) is 15.1. The summed E-state index contributed by atoms with van der Waals surface area (Å²) in [5.41, 5.74) is 2.81. The second-order valence-electron chi connectivity index (χ2n) is 7.39.